The first kappa shape index (κ1) is 11.7. The van der Waals surface area contributed by atoms with Crippen molar-refractivity contribution >= 4 is 11.2 Å². The van der Waals surface area contributed by atoms with Crippen LogP contribution in [0, 0.1) is 6.92 Å². The van der Waals surface area contributed by atoms with Gasteiger partial charge in [-0.05, 0) is 25.8 Å². The van der Waals surface area contributed by atoms with E-state index < -0.39 is 0 Å². The summed E-state index contributed by atoms with van der Waals surface area (Å²) in [5.41, 5.74) is 3.98. The van der Waals surface area contributed by atoms with Gasteiger partial charge in [0.1, 0.15) is 11.2 Å². The molecule has 3 heterocycles. The van der Waals surface area contributed by atoms with Crippen molar-refractivity contribution in [1.29, 1.82) is 0 Å². The number of imidazole rings is 1. The van der Waals surface area contributed by atoms with E-state index in [1.54, 1.807) is 0 Å². The van der Waals surface area contributed by atoms with Gasteiger partial charge in [-0.3, -0.25) is 4.68 Å². The molecular weight excluding hydrogens is 252 g/mol. The van der Waals surface area contributed by atoms with E-state index in [4.69, 9.17) is 4.98 Å². The largest absolute Gasteiger partial charge is 0.334 e. The Hall–Kier alpha value is -2.11. The zero-order valence-corrected chi connectivity index (χ0v) is 11.8. The summed E-state index contributed by atoms with van der Waals surface area (Å²) in [7, 11) is 1.94. The number of aromatic amines is 1. The molecule has 0 amide bonds. The lowest BCUT2D eigenvalue weighted by atomic mass is 10.2. The van der Waals surface area contributed by atoms with E-state index in [1.165, 1.54) is 25.7 Å². The molecule has 0 saturated heterocycles. The zero-order chi connectivity index (χ0) is 13.7. The number of nitrogens with zero attached hydrogens (tertiary/aromatic N) is 5. The third kappa shape index (κ3) is 1.67. The molecule has 0 radical (unpaired) electrons. The van der Waals surface area contributed by atoms with Crippen LogP contribution in [0.25, 0.3) is 22.7 Å². The van der Waals surface area contributed by atoms with E-state index in [9.17, 15) is 0 Å². The van der Waals surface area contributed by atoms with Gasteiger partial charge in [0.25, 0.3) is 0 Å². The van der Waals surface area contributed by atoms with Crippen LogP contribution in [0.5, 0.6) is 0 Å². The van der Waals surface area contributed by atoms with Gasteiger partial charge >= 0.3 is 0 Å². The molecule has 6 nitrogen and oxygen atoms in total. The lowest BCUT2D eigenvalue weighted by Crippen LogP contribution is -2.06. The number of aromatic nitrogens is 6. The summed E-state index contributed by atoms with van der Waals surface area (Å²) in [5.74, 6) is 0.868. The zero-order valence-electron chi connectivity index (χ0n) is 11.8. The van der Waals surface area contributed by atoms with Gasteiger partial charge in [0, 0.05) is 7.05 Å². The third-order valence-corrected chi connectivity index (χ3v) is 4.16. The van der Waals surface area contributed by atoms with E-state index in [1.807, 2.05) is 30.9 Å². The Balaban J connectivity index is 1.81. The average Bonchev–Trinajstić information content (AvgIpc) is 3.11. The molecule has 0 aliphatic heterocycles. The van der Waals surface area contributed by atoms with Gasteiger partial charge in [0.05, 0.1) is 17.9 Å². The maximum absolute atomic E-state index is 4.75. The monoisotopic (exact) mass is 270 g/mol. The molecule has 1 saturated carbocycles. The minimum Gasteiger partial charge on any atom is -0.334 e. The van der Waals surface area contributed by atoms with Crippen LogP contribution >= 0.6 is 0 Å². The van der Waals surface area contributed by atoms with Crippen molar-refractivity contribution in [2.24, 2.45) is 7.05 Å². The molecule has 20 heavy (non-hydrogen) atoms. The van der Waals surface area contributed by atoms with Crippen LogP contribution < -0.4 is 0 Å². The van der Waals surface area contributed by atoms with Gasteiger partial charge in [-0.25, -0.2) is 9.67 Å². The number of aryl methyl sites for hydroxylation is 2. The standard InChI is InChI=1S/C14H18N6/c1-9-7-12(19(2)18-9)13-16-11-8-15-20(14(11)17-13)10-5-3-4-6-10/h7-8,10H,3-6H2,1-2H3,(H,16,17). The van der Waals surface area contributed by atoms with Crippen LogP contribution in [0.15, 0.2) is 12.3 Å². The fourth-order valence-corrected chi connectivity index (χ4v) is 3.19. The molecule has 1 fully saturated rings. The molecule has 3 aromatic rings. The number of fused-ring (bicyclic) bond motifs is 1. The highest BCUT2D eigenvalue weighted by atomic mass is 15.3. The molecule has 6 heteroatoms. The summed E-state index contributed by atoms with van der Waals surface area (Å²) in [6.45, 7) is 1.99. The minimum absolute atomic E-state index is 0.511. The first-order valence-corrected chi connectivity index (χ1v) is 7.16. The molecule has 0 bridgehead atoms. The second kappa shape index (κ2) is 4.19. The topological polar surface area (TPSA) is 64.3 Å². The molecule has 1 aliphatic rings. The Morgan fingerprint density at radius 2 is 2.10 bits per heavy atom. The minimum atomic E-state index is 0.511. The lowest BCUT2D eigenvalue weighted by molar-refractivity contribution is 0.479. The lowest BCUT2D eigenvalue weighted by Gasteiger charge is -2.08. The first-order valence-electron chi connectivity index (χ1n) is 7.16. The maximum atomic E-state index is 4.75. The van der Waals surface area contributed by atoms with Gasteiger partial charge in [-0.2, -0.15) is 10.2 Å². The van der Waals surface area contributed by atoms with Gasteiger partial charge < -0.3 is 4.98 Å². The van der Waals surface area contributed by atoms with Crippen molar-refractivity contribution < 1.29 is 0 Å². The SMILES string of the molecule is Cc1cc(-c2nc3c(cnn3C3CCCC3)[nH]2)n(C)n1. The Bertz CT molecular complexity index is 756. The molecule has 1 N–H and O–H groups in total. The Morgan fingerprint density at radius 1 is 1.30 bits per heavy atom. The maximum Gasteiger partial charge on any atom is 0.177 e. The van der Waals surface area contributed by atoms with Crippen LogP contribution in [0.4, 0.5) is 0 Å². The highest BCUT2D eigenvalue weighted by molar-refractivity contribution is 5.75. The van der Waals surface area contributed by atoms with E-state index in [-0.39, 0.29) is 0 Å². The number of rotatable bonds is 2. The second-order valence-electron chi connectivity index (χ2n) is 5.64. The van der Waals surface area contributed by atoms with Gasteiger partial charge in [0.2, 0.25) is 0 Å². The highest BCUT2D eigenvalue weighted by Crippen LogP contribution is 2.31. The molecule has 104 valence electrons. The molecule has 0 spiro atoms. The summed E-state index contributed by atoms with van der Waals surface area (Å²) in [6.07, 6.45) is 6.90. The van der Waals surface area contributed by atoms with Crippen LogP contribution in [-0.4, -0.2) is 29.5 Å². The van der Waals surface area contributed by atoms with Crippen molar-refractivity contribution in [3.05, 3.63) is 18.0 Å². The molecule has 4 rings (SSSR count). The van der Waals surface area contributed by atoms with E-state index >= 15 is 0 Å². The smallest absolute Gasteiger partial charge is 0.177 e. The molecule has 0 unspecified atom stereocenters. The Kier molecular flexibility index (Phi) is 2.45. The summed E-state index contributed by atoms with van der Waals surface area (Å²) < 4.78 is 3.95. The Labute approximate surface area is 116 Å². The van der Waals surface area contributed by atoms with Gasteiger partial charge in [-0.15, -0.1) is 0 Å². The third-order valence-electron chi connectivity index (χ3n) is 4.16. The van der Waals surface area contributed by atoms with E-state index in [2.05, 4.69) is 19.9 Å². The van der Waals surface area contributed by atoms with Crippen LogP contribution in [0.3, 0.4) is 0 Å². The predicted octanol–water partition coefficient (Wildman–Crippen LogP) is 2.58. The molecule has 1 aliphatic carbocycles. The average molecular weight is 270 g/mol. The van der Waals surface area contributed by atoms with E-state index in [0.29, 0.717) is 6.04 Å². The predicted molar refractivity (Wildman–Crippen MR) is 76.3 cm³/mol. The van der Waals surface area contributed by atoms with Crippen molar-refractivity contribution in [3.8, 4) is 11.5 Å². The van der Waals surface area contributed by atoms with Crippen molar-refractivity contribution in [3.63, 3.8) is 0 Å². The fourth-order valence-electron chi connectivity index (χ4n) is 3.19. The van der Waals surface area contributed by atoms with Crippen LogP contribution in [0.2, 0.25) is 0 Å². The summed E-state index contributed by atoms with van der Waals surface area (Å²) in [5, 5.41) is 8.88. The summed E-state index contributed by atoms with van der Waals surface area (Å²) in [6, 6.07) is 2.56. The number of hydrogen-bond acceptors (Lipinski definition) is 3. The van der Waals surface area contributed by atoms with Crippen molar-refractivity contribution in [2.45, 2.75) is 38.6 Å². The number of hydrogen-bond donors (Lipinski definition) is 1. The summed E-state index contributed by atoms with van der Waals surface area (Å²) in [4.78, 5) is 8.10. The van der Waals surface area contributed by atoms with Crippen LogP contribution in [-0.2, 0) is 7.05 Å². The first-order chi connectivity index (χ1) is 9.72. The van der Waals surface area contributed by atoms with Gasteiger partial charge in [0.15, 0.2) is 11.5 Å². The normalized spacial score (nSPS) is 16.5. The van der Waals surface area contributed by atoms with Crippen molar-refractivity contribution in [1.82, 2.24) is 29.5 Å². The quantitative estimate of drug-likeness (QED) is 0.778. The second-order valence-corrected chi connectivity index (χ2v) is 5.64. The number of nitrogens with one attached hydrogen (secondary N) is 1. The highest BCUT2D eigenvalue weighted by Gasteiger charge is 2.21. The molecular formula is C14H18N6. The van der Waals surface area contributed by atoms with Crippen LogP contribution in [0.1, 0.15) is 37.4 Å². The Morgan fingerprint density at radius 3 is 2.80 bits per heavy atom. The molecule has 0 aromatic carbocycles. The molecule has 0 atom stereocenters. The van der Waals surface area contributed by atoms with Crippen molar-refractivity contribution in [2.75, 3.05) is 0 Å². The van der Waals surface area contributed by atoms with E-state index in [0.717, 1.165) is 28.4 Å². The fraction of sp³-hybridized carbons (Fsp3) is 0.500. The molecule has 3 aromatic heterocycles. The summed E-state index contributed by atoms with van der Waals surface area (Å²) >= 11 is 0. The van der Waals surface area contributed by atoms with Gasteiger partial charge in [-0.1, -0.05) is 12.8 Å². The number of H-pyrrole nitrogens is 1.